The lowest BCUT2D eigenvalue weighted by Gasteiger charge is -2.30. The van der Waals surface area contributed by atoms with Crippen LogP contribution < -0.4 is 0 Å². The van der Waals surface area contributed by atoms with E-state index in [0.717, 1.165) is 11.5 Å². The molecule has 1 aliphatic carbocycles. The highest BCUT2D eigenvalue weighted by atomic mass is 28.1. The van der Waals surface area contributed by atoms with Crippen molar-refractivity contribution in [3.05, 3.63) is 0 Å². The fraction of sp³-hybridized carbons (Fsp3) is 1.00. The third-order valence-corrected chi connectivity index (χ3v) is 3.32. The molecule has 0 N–H and O–H groups in total. The Morgan fingerprint density at radius 1 is 1.20 bits per heavy atom. The van der Waals surface area contributed by atoms with E-state index in [9.17, 15) is 0 Å². The van der Waals surface area contributed by atoms with E-state index in [1.807, 2.05) is 0 Å². The molecule has 1 fully saturated rings. The van der Waals surface area contributed by atoms with Gasteiger partial charge in [-0.1, -0.05) is 33.6 Å². The average molecular weight is 153 g/mol. The van der Waals surface area contributed by atoms with Crippen LogP contribution in [0.3, 0.4) is 0 Å². The molecule has 0 aromatic carbocycles. The van der Waals surface area contributed by atoms with Gasteiger partial charge in [-0.25, -0.2) is 0 Å². The summed E-state index contributed by atoms with van der Waals surface area (Å²) in [6.45, 7) is 7.03. The smallest absolute Gasteiger partial charge is 0.0270 e. The molecule has 0 aromatic rings. The van der Waals surface area contributed by atoms with Crippen molar-refractivity contribution in [1.82, 2.24) is 0 Å². The molecule has 0 bridgehead atoms. The maximum atomic E-state index is 3.79. The zero-order valence-electron chi connectivity index (χ0n) is 7.28. The van der Waals surface area contributed by atoms with Gasteiger partial charge in [0.1, 0.15) is 0 Å². The van der Waals surface area contributed by atoms with E-state index >= 15 is 0 Å². The van der Waals surface area contributed by atoms with E-state index in [-0.39, 0.29) is 0 Å². The van der Waals surface area contributed by atoms with Crippen LogP contribution in [0, 0.1) is 11.3 Å². The van der Waals surface area contributed by atoms with E-state index in [1.54, 1.807) is 0 Å². The minimum atomic E-state index is 0.503. The summed E-state index contributed by atoms with van der Waals surface area (Å²) in [5.41, 5.74) is 1.28. The molecule has 2 atom stereocenters. The van der Waals surface area contributed by atoms with E-state index in [1.165, 1.54) is 19.3 Å². The molecule has 0 aromatic heterocycles. The molecule has 1 saturated carbocycles. The standard InChI is InChI=1S/C9H17Si/c1-9(2,3)7-5-4-6-8(7)10/h7-8H,4-6H2,1-3H3. The second-order valence-corrected chi connectivity index (χ2v) is 5.25. The summed E-state index contributed by atoms with van der Waals surface area (Å²) in [6.07, 6.45) is 4.20. The van der Waals surface area contributed by atoms with Gasteiger partial charge in [0.25, 0.3) is 0 Å². The molecular formula is C9H17Si. The molecule has 0 saturated heterocycles. The summed E-state index contributed by atoms with van der Waals surface area (Å²) in [5, 5.41) is 0. The number of rotatable bonds is 0. The Morgan fingerprint density at radius 2 is 1.80 bits per heavy atom. The maximum Gasteiger partial charge on any atom is 0.0270 e. The fourth-order valence-electron chi connectivity index (χ4n) is 2.00. The summed E-state index contributed by atoms with van der Waals surface area (Å²) >= 11 is 0. The fourth-order valence-corrected chi connectivity index (χ4v) is 2.87. The topological polar surface area (TPSA) is 0 Å². The minimum Gasteiger partial charge on any atom is -0.0599 e. The molecule has 1 heteroatoms. The summed E-state index contributed by atoms with van der Waals surface area (Å²) in [6, 6.07) is 0. The van der Waals surface area contributed by atoms with Gasteiger partial charge in [0.2, 0.25) is 0 Å². The number of hydrogen-bond acceptors (Lipinski definition) is 0. The largest absolute Gasteiger partial charge is 0.0599 e. The third-order valence-electron chi connectivity index (χ3n) is 2.63. The van der Waals surface area contributed by atoms with Gasteiger partial charge in [-0.3, -0.25) is 0 Å². The Bertz CT molecular complexity index is 112. The van der Waals surface area contributed by atoms with Gasteiger partial charge in [0.15, 0.2) is 0 Å². The molecule has 3 radical (unpaired) electrons. The van der Waals surface area contributed by atoms with E-state index in [4.69, 9.17) is 0 Å². The second kappa shape index (κ2) is 2.69. The Kier molecular flexibility index (Phi) is 2.23. The average Bonchev–Trinajstić information content (AvgIpc) is 2.11. The van der Waals surface area contributed by atoms with Crippen LogP contribution in [0.4, 0.5) is 0 Å². The van der Waals surface area contributed by atoms with Crippen molar-refractivity contribution in [1.29, 1.82) is 0 Å². The molecule has 0 spiro atoms. The highest BCUT2D eigenvalue weighted by Crippen LogP contribution is 2.44. The van der Waals surface area contributed by atoms with Crippen molar-refractivity contribution in [3.8, 4) is 0 Å². The second-order valence-electron chi connectivity index (χ2n) is 4.51. The zero-order valence-corrected chi connectivity index (χ0v) is 8.28. The molecule has 1 rings (SSSR count). The van der Waals surface area contributed by atoms with Gasteiger partial charge >= 0.3 is 0 Å². The summed E-state index contributed by atoms with van der Waals surface area (Å²) in [5.74, 6) is 0.893. The Labute approximate surface area is 67.8 Å². The van der Waals surface area contributed by atoms with Gasteiger partial charge in [-0.2, -0.15) is 0 Å². The lowest BCUT2D eigenvalue weighted by Crippen LogP contribution is -2.20. The first-order valence-corrected chi connectivity index (χ1v) is 4.80. The predicted molar refractivity (Wildman–Crippen MR) is 46.3 cm³/mol. The Morgan fingerprint density at radius 3 is 2.00 bits per heavy atom. The number of hydrogen-bond donors (Lipinski definition) is 0. The molecule has 0 amide bonds. The van der Waals surface area contributed by atoms with Crippen LogP contribution in [-0.2, 0) is 0 Å². The van der Waals surface area contributed by atoms with Crippen molar-refractivity contribution in [3.63, 3.8) is 0 Å². The molecule has 57 valence electrons. The van der Waals surface area contributed by atoms with Crippen LogP contribution in [-0.4, -0.2) is 10.2 Å². The zero-order chi connectivity index (χ0) is 7.78. The van der Waals surface area contributed by atoms with Crippen molar-refractivity contribution in [2.24, 2.45) is 11.3 Å². The van der Waals surface area contributed by atoms with Gasteiger partial charge < -0.3 is 0 Å². The Hall–Kier alpha value is 0.217. The van der Waals surface area contributed by atoms with Gasteiger partial charge in [-0.05, 0) is 23.3 Å². The maximum absolute atomic E-state index is 3.79. The lowest BCUT2D eigenvalue weighted by molar-refractivity contribution is 0.247. The SMILES string of the molecule is CC(C)(C)C1CCCC1[Si]. The normalized spacial score (nSPS) is 34.8. The highest BCUT2D eigenvalue weighted by Gasteiger charge is 2.32. The molecular weight excluding hydrogens is 136 g/mol. The quantitative estimate of drug-likeness (QED) is 0.469. The monoisotopic (exact) mass is 153 g/mol. The van der Waals surface area contributed by atoms with Gasteiger partial charge in [0, 0.05) is 10.2 Å². The summed E-state index contributed by atoms with van der Waals surface area (Å²) in [7, 11) is 3.79. The van der Waals surface area contributed by atoms with Crippen LogP contribution in [0.1, 0.15) is 40.0 Å². The van der Waals surface area contributed by atoms with Gasteiger partial charge in [0.05, 0.1) is 0 Å². The molecule has 10 heavy (non-hydrogen) atoms. The van der Waals surface area contributed by atoms with Gasteiger partial charge in [-0.15, -0.1) is 0 Å². The predicted octanol–water partition coefficient (Wildman–Crippen LogP) is 2.79. The van der Waals surface area contributed by atoms with Crippen LogP contribution in [0.2, 0.25) is 5.54 Å². The highest BCUT2D eigenvalue weighted by molar-refractivity contribution is 6.12. The van der Waals surface area contributed by atoms with E-state index in [2.05, 4.69) is 31.0 Å². The molecule has 2 unspecified atom stereocenters. The summed E-state index contributed by atoms with van der Waals surface area (Å²) < 4.78 is 0. The minimum absolute atomic E-state index is 0.503. The first-order valence-electron chi connectivity index (χ1n) is 4.23. The molecule has 1 aliphatic rings. The van der Waals surface area contributed by atoms with Crippen LogP contribution in [0.25, 0.3) is 0 Å². The van der Waals surface area contributed by atoms with Crippen molar-refractivity contribution in [2.45, 2.75) is 45.6 Å². The molecule has 0 heterocycles. The van der Waals surface area contributed by atoms with E-state index < -0.39 is 0 Å². The van der Waals surface area contributed by atoms with Crippen LogP contribution >= 0.6 is 0 Å². The first-order chi connectivity index (χ1) is 4.52. The molecule has 0 nitrogen and oxygen atoms in total. The lowest BCUT2D eigenvalue weighted by atomic mass is 9.79. The van der Waals surface area contributed by atoms with Crippen LogP contribution in [0.15, 0.2) is 0 Å². The van der Waals surface area contributed by atoms with Crippen molar-refractivity contribution in [2.75, 3.05) is 0 Å². The Balaban J connectivity index is 2.55. The van der Waals surface area contributed by atoms with Crippen LogP contribution in [0.5, 0.6) is 0 Å². The molecule has 0 aliphatic heterocycles. The summed E-state index contributed by atoms with van der Waals surface area (Å²) in [4.78, 5) is 0. The third kappa shape index (κ3) is 1.63. The van der Waals surface area contributed by atoms with Crippen molar-refractivity contribution < 1.29 is 0 Å². The van der Waals surface area contributed by atoms with Crippen molar-refractivity contribution >= 4 is 10.2 Å². The first kappa shape index (κ1) is 8.31. The van der Waals surface area contributed by atoms with E-state index in [0.29, 0.717) is 5.41 Å².